The smallest absolute Gasteiger partial charge is 0.161 e. The average molecular weight is 631 g/mol. The summed E-state index contributed by atoms with van der Waals surface area (Å²) in [7, 11) is 0. The second-order valence-corrected chi connectivity index (χ2v) is 11.6. The Morgan fingerprint density at radius 2 is 1.60 bits per heavy atom. The van der Waals surface area contributed by atoms with Crippen molar-refractivity contribution in [1.82, 2.24) is 4.90 Å². The zero-order valence-electron chi connectivity index (χ0n) is 27.0. The SMILES string of the molecule is C=CO.C=Cc1cc(CN2CCCCC2)c(OCc2cccc(C#N)c2)cc1OCc1cccc(-c2ccc3c(c2)OCCO3)c1C. The molecule has 2 aliphatic heterocycles. The molecule has 6 rings (SSSR count). The first-order valence-corrected chi connectivity index (χ1v) is 16.0. The minimum atomic E-state index is 0.367. The van der Waals surface area contributed by atoms with Crippen molar-refractivity contribution in [3.8, 4) is 40.2 Å². The summed E-state index contributed by atoms with van der Waals surface area (Å²) < 4.78 is 24.5. The molecule has 0 aromatic heterocycles. The summed E-state index contributed by atoms with van der Waals surface area (Å²) in [6, 6.07) is 26.3. The first-order valence-electron chi connectivity index (χ1n) is 16.0. The van der Waals surface area contributed by atoms with Gasteiger partial charge in [-0.05, 0) is 91.0 Å². The largest absolute Gasteiger partial charge is 0.516 e. The van der Waals surface area contributed by atoms with E-state index in [1.54, 1.807) is 6.07 Å². The number of piperidine rings is 1. The van der Waals surface area contributed by atoms with Gasteiger partial charge in [0.2, 0.25) is 0 Å². The van der Waals surface area contributed by atoms with Crippen molar-refractivity contribution >= 4 is 6.08 Å². The quantitative estimate of drug-likeness (QED) is 0.175. The van der Waals surface area contributed by atoms with Crippen molar-refractivity contribution in [3.63, 3.8) is 0 Å². The van der Waals surface area contributed by atoms with Crippen molar-refractivity contribution < 1.29 is 24.1 Å². The van der Waals surface area contributed by atoms with Gasteiger partial charge in [0, 0.05) is 23.7 Å². The molecule has 0 spiro atoms. The Kier molecular flexibility index (Phi) is 11.6. The lowest BCUT2D eigenvalue weighted by Gasteiger charge is -2.27. The molecule has 4 aromatic rings. The topological polar surface area (TPSA) is 84.2 Å². The summed E-state index contributed by atoms with van der Waals surface area (Å²) in [5, 5.41) is 16.7. The molecule has 0 amide bonds. The van der Waals surface area contributed by atoms with E-state index in [0.29, 0.717) is 32.0 Å². The molecule has 242 valence electrons. The van der Waals surface area contributed by atoms with E-state index in [-0.39, 0.29) is 0 Å². The van der Waals surface area contributed by atoms with Crippen LogP contribution >= 0.6 is 0 Å². The Morgan fingerprint density at radius 3 is 2.36 bits per heavy atom. The Hall–Kier alpha value is -5.19. The van der Waals surface area contributed by atoms with E-state index in [0.717, 1.165) is 87.8 Å². The van der Waals surface area contributed by atoms with Crippen molar-refractivity contribution in [2.45, 2.75) is 45.9 Å². The fourth-order valence-corrected chi connectivity index (χ4v) is 5.94. The minimum Gasteiger partial charge on any atom is -0.516 e. The summed E-state index contributed by atoms with van der Waals surface area (Å²) in [5.74, 6) is 3.09. The highest BCUT2D eigenvalue weighted by Gasteiger charge is 2.18. The third-order valence-electron chi connectivity index (χ3n) is 8.39. The molecular weight excluding hydrogens is 588 g/mol. The summed E-state index contributed by atoms with van der Waals surface area (Å²) in [4.78, 5) is 2.49. The maximum absolute atomic E-state index is 9.34. The van der Waals surface area contributed by atoms with Crippen LogP contribution in [0.3, 0.4) is 0 Å². The Balaban J connectivity index is 0.00000139. The van der Waals surface area contributed by atoms with E-state index in [1.165, 1.54) is 19.3 Å². The second kappa shape index (κ2) is 16.4. The maximum atomic E-state index is 9.34. The van der Waals surface area contributed by atoms with E-state index in [9.17, 15) is 5.26 Å². The van der Waals surface area contributed by atoms with Gasteiger partial charge in [-0.15, -0.1) is 0 Å². The fraction of sp³-hybridized carbons (Fsp3) is 0.275. The van der Waals surface area contributed by atoms with Gasteiger partial charge in [0.15, 0.2) is 11.5 Å². The van der Waals surface area contributed by atoms with Gasteiger partial charge in [-0.1, -0.05) is 62.1 Å². The molecule has 0 unspecified atom stereocenters. The Labute approximate surface area is 277 Å². The number of likely N-dealkylation sites (tertiary alicyclic amines) is 1. The number of hydrogen-bond acceptors (Lipinski definition) is 7. The number of rotatable bonds is 10. The lowest BCUT2D eigenvalue weighted by Crippen LogP contribution is -2.29. The van der Waals surface area contributed by atoms with Gasteiger partial charge in [0.1, 0.15) is 37.9 Å². The van der Waals surface area contributed by atoms with Crippen molar-refractivity contribution in [1.29, 1.82) is 5.26 Å². The van der Waals surface area contributed by atoms with Gasteiger partial charge in [-0.25, -0.2) is 0 Å². The van der Waals surface area contributed by atoms with E-state index in [2.05, 4.69) is 61.4 Å². The molecule has 47 heavy (non-hydrogen) atoms. The highest BCUT2D eigenvalue weighted by Crippen LogP contribution is 2.37. The zero-order chi connectivity index (χ0) is 33.0. The van der Waals surface area contributed by atoms with Gasteiger partial charge in [0.25, 0.3) is 0 Å². The lowest BCUT2D eigenvalue weighted by atomic mass is 9.96. The molecule has 7 nitrogen and oxygen atoms in total. The van der Waals surface area contributed by atoms with Gasteiger partial charge in [-0.3, -0.25) is 4.90 Å². The monoisotopic (exact) mass is 630 g/mol. The maximum Gasteiger partial charge on any atom is 0.161 e. The normalized spacial score (nSPS) is 13.8. The zero-order valence-corrected chi connectivity index (χ0v) is 27.0. The molecule has 1 saturated heterocycles. The fourth-order valence-electron chi connectivity index (χ4n) is 5.94. The highest BCUT2D eigenvalue weighted by molar-refractivity contribution is 5.71. The number of hydrogen-bond donors (Lipinski definition) is 1. The molecule has 0 radical (unpaired) electrons. The van der Waals surface area contributed by atoms with Crippen molar-refractivity contribution in [2.75, 3.05) is 26.3 Å². The number of ether oxygens (including phenoxy) is 4. The average Bonchev–Trinajstić information content (AvgIpc) is 3.11. The van der Waals surface area contributed by atoms with Crippen LogP contribution in [0.2, 0.25) is 0 Å². The molecule has 4 aromatic carbocycles. The van der Waals surface area contributed by atoms with Crippen LogP contribution in [0, 0.1) is 18.3 Å². The molecule has 7 heteroatoms. The third kappa shape index (κ3) is 8.55. The standard InChI is InChI=1S/C38H38N2O4.C2H4O/c1-3-30-20-33(24-40-15-5-4-6-16-40)37(43-25-29-10-7-9-28(19-29)23-39)22-36(30)44-26-32-11-8-12-34(27(32)2)31-13-14-35-38(21-31)42-18-17-41-35;1-2-3/h3,7-14,19-22H,1,4-6,15-18,24-26H2,2H3;2-3H,1H2. The van der Waals surface area contributed by atoms with Crippen LogP contribution in [0.4, 0.5) is 0 Å². The lowest BCUT2D eigenvalue weighted by molar-refractivity contribution is 0.171. The van der Waals surface area contributed by atoms with Crippen molar-refractivity contribution in [2.24, 2.45) is 0 Å². The van der Waals surface area contributed by atoms with Crippen LogP contribution in [0.15, 0.2) is 92.2 Å². The minimum absolute atomic E-state index is 0.367. The summed E-state index contributed by atoms with van der Waals surface area (Å²) in [5.41, 5.74) is 8.10. The summed E-state index contributed by atoms with van der Waals surface area (Å²) in [6.07, 6.45) is 6.33. The molecule has 0 aliphatic carbocycles. The first kappa shape index (κ1) is 33.2. The number of fused-ring (bicyclic) bond motifs is 1. The van der Waals surface area contributed by atoms with Gasteiger partial charge in [0.05, 0.1) is 17.9 Å². The number of aliphatic hydroxyl groups is 1. The van der Waals surface area contributed by atoms with Crippen LogP contribution in [-0.2, 0) is 19.8 Å². The van der Waals surface area contributed by atoms with Crippen molar-refractivity contribution in [3.05, 3.63) is 126 Å². The van der Waals surface area contributed by atoms with Crippen LogP contribution < -0.4 is 18.9 Å². The van der Waals surface area contributed by atoms with Gasteiger partial charge < -0.3 is 24.1 Å². The second-order valence-electron chi connectivity index (χ2n) is 11.6. The molecule has 2 heterocycles. The highest BCUT2D eigenvalue weighted by atomic mass is 16.6. The first-order chi connectivity index (χ1) is 23.0. The Morgan fingerprint density at radius 1 is 0.851 bits per heavy atom. The predicted molar refractivity (Wildman–Crippen MR) is 186 cm³/mol. The van der Waals surface area contributed by atoms with Crippen LogP contribution in [0.1, 0.15) is 52.6 Å². The molecule has 0 bridgehead atoms. The van der Waals surface area contributed by atoms with Gasteiger partial charge >= 0.3 is 0 Å². The van der Waals surface area contributed by atoms with E-state index in [4.69, 9.17) is 24.1 Å². The summed E-state index contributed by atoms with van der Waals surface area (Å²) >= 11 is 0. The predicted octanol–water partition coefficient (Wildman–Crippen LogP) is 8.78. The van der Waals surface area contributed by atoms with E-state index >= 15 is 0 Å². The number of aliphatic hydroxyl groups excluding tert-OH is 1. The molecule has 0 saturated carbocycles. The van der Waals surface area contributed by atoms with Gasteiger partial charge in [-0.2, -0.15) is 5.26 Å². The number of nitrogens with zero attached hydrogens (tertiary/aromatic N) is 2. The molecule has 2 aliphatic rings. The third-order valence-corrected chi connectivity index (χ3v) is 8.39. The summed E-state index contributed by atoms with van der Waals surface area (Å²) in [6.45, 7) is 14.0. The number of nitriles is 1. The van der Waals surface area contributed by atoms with Crippen LogP contribution in [-0.4, -0.2) is 36.3 Å². The van der Waals surface area contributed by atoms with E-state index < -0.39 is 0 Å². The molecule has 0 atom stereocenters. The molecular formula is C40H42N2O5. The van der Waals surface area contributed by atoms with Crippen LogP contribution in [0.5, 0.6) is 23.0 Å². The molecule has 1 fully saturated rings. The van der Waals surface area contributed by atoms with Crippen LogP contribution in [0.25, 0.3) is 17.2 Å². The molecule has 1 N–H and O–H groups in total. The van der Waals surface area contributed by atoms with E-state index in [1.807, 2.05) is 42.5 Å². The number of benzene rings is 4. The Bertz CT molecular complexity index is 1740.